The number of ketones is 1. The first kappa shape index (κ1) is 23.3. The molecular formula is C21H34O4. The van der Waals surface area contributed by atoms with Gasteiger partial charge in [-0.25, -0.2) is 0 Å². The maximum atomic E-state index is 11.7. The van der Waals surface area contributed by atoms with Crippen LogP contribution in [0.1, 0.15) is 71.1 Å². The van der Waals surface area contributed by atoms with Gasteiger partial charge in [0.05, 0.1) is 13.2 Å². The van der Waals surface area contributed by atoms with E-state index in [0.29, 0.717) is 19.3 Å². The average molecular weight is 350 g/mol. The topological polar surface area (TPSA) is 63.6 Å². The Balaban J connectivity index is 3.52. The second-order valence-electron chi connectivity index (χ2n) is 6.12. The zero-order chi connectivity index (χ0) is 18.8. The third kappa shape index (κ3) is 16.9. The minimum atomic E-state index is -0.400. The summed E-state index contributed by atoms with van der Waals surface area (Å²) in [7, 11) is 1.42. The predicted molar refractivity (Wildman–Crippen MR) is 102 cm³/mol. The second-order valence-corrected chi connectivity index (χ2v) is 6.12. The first-order chi connectivity index (χ1) is 12.1. The Morgan fingerprint density at radius 2 is 1.44 bits per heavy atom. The summed E-state index contributed by atoms with van der Waals surface area (Å²) >= 11 is 0. The molecule has 0 rings (SSSR count). The van der Waals surface area contributed by atoms with Gasteiger partial charge in [-0.1, -0.05) is 69.4 Å². The molecule has 1 N–H and O–H groups in total. The van der Waals surface area contributed by atoms with Crippen molar-refractivity contribution in [2.75, 3.05) is 7.11 Å². The molecule has 4 heteroatoms. The average Bonchev–Trinajstić information content (AvgIpc) is 2.62. The number of rotatable bonds is 15. The van der Waals surface area contributed by atoms with Crippen LogP contribution >= 0.6 is 0 Å². The Kier molecular flexibility index (Phi) is 16.0. The van der Waals surface area contributed by atoms with Crippen molar-refractivity contribution in [1.29, 1.82) is 0 Å². The number of aliphatic hydroxyl groups excluding tert-OH is 1. The van der Waals surface area contributed by atoms with Crippen LogP contribution in [-0.2, 0) is 14.3 Å². The number of esters is 1. The van der Waals surface area contributed by atoms with Crippen molar-refractivity contribution < 1.29 is 19.4 Å². The maximum absolute atomic E-state index is 11.7. The van der Waals surface area contributed by atoms with E-state index in [1.165, 1.54) is 7.11 Å². The van der Waals surface area contributed by atoms with Crippen LogP contribution in [0, 0.1) is 0 Å². The zero-order valence-corrected chi connectivity index (χ0v) is 15.8. The van der Waals surface area contributed by atoms with Gasteiger partial charge in [0.1, 0.15) is 0 Å². The van der Waals surface area contributed by atoms with E-state index in [2.05, 4.69) is 4.74 Å². The summed E-state index contributed by atoms with van der Waals surface area (Å²) in [6, 6.07) is 0. The molecule has 0 aromatic rings. The largest absolute Gasteiger partial charge is 0.469 e. The van der Waals surface area contributed by atoms with Crippen molar-refractivity contribution in [3.05, 3.63) is 36.5 Å². The van der Waals surface area contributed by atoms with E-state index in [1.54, 1.807) is 30.4 Å². The molecular weight excluding hydrogens is 316 g/mol. The molecule has 0 aliphatic carbocycles. The smallest absolute Gasteiger partial charge is 0.305 e. The van der Waals surface area contributed by atoms with Crippen molar-refractivity contribution in [1.82, 2.24) is 0 Å². The Hall–Kier alpha value is -1.68. The fraction of sp³-hybridized carbons (Fsp3) is 0.619. The van der Waals surface area contributed by atoms with E-state index in [-0.39, 0.29) is 11.8 Å². The number of carbonyl (C=O) groups excluding carboxylic acids is 2. The third-order valence-electron chi connectivity index (χ3n) is 3.90. The fourth-order valence-corrected chi connectivity index (χ4v) is 2.26. The number of carbonyl (C=O) groups is 2. The van der Waals surface area contributed by atoms with E-state index in [9.17, 15) is 14.7 Å². The summed E-state index contributed by atoms with van der Waals surface area (Å²) in [4.78, 5) is 22.6. The highest BCUT2D eigenvalue weighted by molar-refractivity contribution is 5.89. The normalized spacial score (nSPS) is 13.1. The lowest BCUT2D eigenvalue weighted by atomic mass is 10.1. The lowest BCUT2D eigenvalue weighted by molar-refractivity contribution is -0.140. The SMILES string of the molecule is CCC(O)C=CC=CC=CC(=O)CCCCCCCCCC(=O)OC. The number of methoxy groups -OCH3 is 1. The van der Waals surface area contributed by atoms with E-state index >= 15 is 0 Å². The molecule has 1 unspecified atom stereocenters. The molecule has 0 bridgehead atoms. The van der Waals surface area contributed by atoms with Gasteiger partial charge in [-0.2, -0.15) is 0 Å². The third-order valence-corrected chi connectivity index (χ3v) is 3.90. The van der Waals surface area contributed by atoms with Gasteiger partial charge in [0.2, 0.25) is 0 Å². The van der Waals surface area contributed by atoms with Gasteiger partial charge in [-0.15, -0.1) is 0 Å². The molecule has 142 valence electrons. The van der Waals surface area contributed by atoms with Crippen molar-refractivity contribution in [2.24, 2.45) is 0 Å². The number of aliphatic hydroxyl groups is 1. The Labute approximate surface area is 152 Å². The van der Waals surface area contributed by atoms with Gasteiger partial charge in [0.25, 0.3) is 0 Å². The number of hydrogen-bond acceptors (Lipinski definition) is 4. The van der Waals surface area contributed by atoms with Crippen LogP contribution in [0.15, 0.2) is 36.5 Å². The van der Waals surface area contributed by atoms with Crippen LogP contribution in [0.3, 0.4) is 0 Å². The maximum Gasteiger partial charge on any atom is 0.305 e. The minimum Gasteiger partial charge on any atom is -0.469 e. The predicted octanol–water partition coefficient (Wildman–Crippen LogP) is 4.68. The first-order valence-electron chi connectivity index (χ1n) is 9.39. The molecule has 0 aliphatic heterocycles. The molecule has 0 amide bonds. The highest BCUT2D eigenvalue weighted by atomic mass is 16.5. The fourth-order valence-electron chi connectivity index (χ4n) is 2.26. The lowest BCUT2D eigenvalue weighted by Gasteiger charge is -2.01. The van der Waals surface area contributed by atoms with E-state index in [4.69, 9.17) is 0 Å². The van der Waals surface area contributed by atoms with Crippen LogP contribution in [0.4, 0.5) is 0 Å². The summed E-state index contributed by atoms with van der Waals surface area (Å²) in [6.07, 6.45) is 19.3. The molecule has 0 fully saturated rings. The summed E-state index contributed by atoms with van der Waals surface area (Å²) in [5.41, 5.74) is 0. The zero-order valence-electron chi connectivity index (χ0n) is 15.8. The number of unbranched alkanes of at least 4 members (excludes halogenated alkanes) is 6. The standard InChI is InChI=1S/C21H34O4/c1-3-19(22)15-11-9-10-13-17-20(23)16-12-7-5-4-6-8-14-18-21(24)25-2/h9-11,13,15,17,19,22H,3-8,12,14,16,18H2,1-2H3. The summed E-state index contributed by atoms with van der Waals surface area (Å²) in [6.45, 7) is 1.92. The number of hydrogen-bond donors (Lipinski definition) is 1. The van der Waals surface area contributed by atoms with Gasteiger partial charge in [-0.3, -0.25) is 9.59 Å². The van der Waals surface area contributed by atoms with Crippen molar-refractivity contribution in [3.8, 4) is 0 Å². The molecule has 0 aliphatic rings. The summed E-state index contributed by atoms with van der Waals surface area (Å²) < 4.78 is 4.60. The van der Waals surface area contributed by atoms with Gasteiger partial charge < -0.3 is 9.84 Å². The lowest BCUT2D eigenvalue weighted by Crippen LogP contribution is -1.99. The number of allylic oxidation sites excluding steroid dienone is 5. The minimum absolute atomic E-state index is 0.129. The molecule has 0 radical (unpaired) electrons. The van der Waals surface area contributed by atoms with Crippen LogP contribution in [0.25, 0.3) is 0 Å². The molecule has 25 heavy (non-hydrogen) atoms. The van der Waals surface area contributed by atoms with Crippen molar-refractivity contribution in [2.45, 2.75) is 77.2 Å². The Bertz CT molecular complexity index is 435. The molecule has 0 spiro atoms. The summed E-state index contributed by atoms with van der Waals surface area (Å²) in [5, 5.41) is 9.32. The first-order valence-corrected chi connectivity index (χ1v) is 9.39. The summed E-state index contributed by atoms with van der Waals surface area (Å²) in [5.74, 6) is 0.0243. The van der Waals surface area contributed by atoms with Gasteiger partial charge in [-0.05, 0) is 25.3 Å². The van der Waals surface area contributed by atoms with E-state index in [1.807, 2.05) is 13.0 Å². The second kappa shape index (κ2) is 17.2. The molecule has 0 saturated carbocycles. The van der Waals surface area contributed by atoms with Crippen LogP contribution in [-0.4, -0.2) is 30.1 Å². The Morgan fingerprint density at radius 1 is 0.880 bits per heavy atom. The monoisotopic (exact) mass is 350 g/mol. The van der Waals surface area contributed by atoms with Crippen molar-refractivity contribution >= 4 is 11.8 Å². The molecule has 4 nitrogen and oxygen atoms in total. The van der Waals surface area contributed by atoms with Gasteiger partial charge >= 0.3 is 5.97 Å². The molecule has 0 saturated heterocycles. The molecule has 0 heterocycles. The van der Waals surface area contributed by atoms with E-state index < -0.39 is 6.10 Å². The quantitative estimate of drug-likeness (QED) is 0.202. The van der Waals surface area contributed by atoms with Crippen LogP contribution in [0.2, 0.25) is 0 Å². The molecule has 0 aromatic carbocycles. The van der Waals surface area contributed by atoms with Gasteiger partial charge in [0, 0.05) is 12.8 Å². The Morgan fingerprint density at radius 3 is 2.04 bits per heavy atom. The molecule has 1 atom stereocenters. The number of ether oxygens (including phenoxy) is 1. The highest BCUT2D eigenvalue weighted by Crippen LogP contribution is 2.10. The van der Waals surface area contributed by atoms with Crippen molar-refractivity contribution in [3.63, 3.8) is 0 Å². The van der Waals surface area contributed by atoms with Crippen LogP contribution < -0.4 is 0 Å². The molecule has 0 aromatic heterocycles. The van der Waals surface area contributed by atoms with Crippen LogP contribution in [0.5, 0.6) is 0 Å². The van der Waals surface area contributed by atoms with Gasteiger partial charge in [0.15, 0.2) is 5.78 Å². The van der Waals surface area contributed by atoms with E-state index in [0.717, 1.165) is 44.9 Å². The highest BCUT2D eigenvalue weighted by Gasteiger charge is 2.00.